The van der Waals surface area contributed by atoms with Gasteiger partial charge in [0.15, 0.2) is 0 Å². The summed E-state index contributed by atoms with van der Waals surface area (Å²) in [6.45, 7) is 5.49. The molecule has 2 rings (SSSR count). The molecule has 2 aromatic carbocycles. The Morgan fingerprint density at radius 3 is 2.24 bits per heavy atom. The molecule has 0 saturated carbocycles. The lowest BCUT2D eigenvalue weighted by molar-refractivity contribution is -0.139. The van der Waals surface area contributed by atoms with Crippen molar-refractivity contribution in [1.82, 2.24) is 14.5 Å². The van der Waals surface area contributed by atoms with Crippen LogP contribution >= 0.6 is 0 Å². The second-order valence-corrected chi connectivity index (χ2v) is 10.3. The molecule has 0 heterocycles. The van der Waals surface area contributed by atoms with Gasteiger partial charge in [-0.15, -0.1) is 0 Å². The van der Waals surface area contributed by atoms with Gasteiger partial charge in [0.25, 0.3) is 0 Å². The number of carbonyl (C=O) groups excluding carboxylic acids is 2. The van der Waals surface area contributed by atoms with Crippen molar-refractivity contribution in [1.29, 1.82) is 0 Å². The Kier molecular flexibility index (Phi) is 9.57. The van der Waals surface area contributed by atoms with E-state index < -0.39 is 34.5 Å². The van der Waals surface area contributed by atoms with Gasteiger partial charge in [-0.2, -0.15) is 12.7 Å². The summed E-state index contributed by atoms with van der Waals surface area (Å²) >= 11 is 0. The SMILES string of the molecule is CCCNC(=O)[C@@H](C)N(Cc1ccccc1C)C(=O)CN(c1ccc(F)cc1)S(=O)(=O)N(C)C. The molecular formula is C24H33FN4O4S. The standard InChI is InChI=1S/C24H33FN4O4S/c1-6-15-26-24(31)19(3)28(16-20-10-8-7-9-18(20)2)23(30)17-29(34(32,33)27(4)5)22-13-11-21(25)12-14-22/h7-14,19H,6,15-17H2,1-5H3,(H,26,31)/t19-/m1/s1. The number of hydrogen-bond acceptors (Lipinski definition) is 4. The maximum atomic E-state index is 13.5. The van der Waals surface area contributed by atoms with E-state index in [2.05, 4.69) is 5.32 Å². The molecule has 0 aliphatic rings. The number of nitrogens with one attached hydrogen (secondary N) is 1. The molecule has 0 radical (unpaired) electrons. The van der Waals surface area contributed by atoms with Crippen molar-refractivity contribution in [2.75, 3.05) is 31.5 Å². The van der Waals surface area contributed by atoms with Crippen molar-refractivity contribution in [2.24, 2.45) is 0 Å². The molecule has 0 aromatic heterocycles. The number of carbonyl (C=O) groups is 2. The second kappa shape index (κ2) is 11.9. The fraction of sp³-hybridized carbons (Fsp3) is 0.417. The summed E-state index contributed by atoms with van der Waals surface area (Å²) in [5.74, 6) is -1.41. The van der Waals surface area contributed by atoms with Crippen LogP contribution in [-0.4, -0.2) is 62.7 Å². The molecule has 186 valence electrons. The van der Waals surface area contributed by atoms with Crippen LogP contribution < -0.4 is 9.62 Å². The molecule has 1 N–H and O–H groups in total. The monoisotopic (exact) mass is 492 g/mol. The van der Waals surface area contributed by atoms with Gasteiger partial charge in [0, 0.05) is 27.2 Å². The van der Waals surface area contributed by atoms with Gasteiger partial charge >= 0.3 is 10.2 Å². The molecule has 0 saturated heterocycles. The minimum Gasteiger partial charge on any atom is -0.354 e. The quantitative estimate of drug-likeness (QED) is 0.522. The lowest BCUT2D eigenvalue weighted by Crippen LogP contribution is -2.52. The normalized spacial score (nSPS) is 12.3. The number of nitrogens with zero attached hydrogens (tertiary/aromatic N) is 3. The number of benzene rings is 2. The van der Waals surface area contributed by atoms with Crippen molar-refractivity contribution >= 4 is 27.7 Å². The zero-order chi connectivity index (χ0) is 25.5. The van der Waals surface area contributed by atoms with Crippen molar-refractivity contribution in [2.45, 2.75) is 39.8 Å². The Morgan fingerprint density at radius 2 is 1.68 bits per heavy atom. The summed E-state index contributed by atoms with van der Waals surface area (Å²) in [6.07, 6.45) is 0.740. The number of amides is 2. The second-order valence-electron chi connectivity index (χ2n) is 8.19. The van der Waals surface area contributed by atoms with Crippen molar-refractivity contribution in [3.63, 3.8) is 0 Å². The first-order chi connectivity index (χ1) is 16.0. The summed E-state index contributed by atoms with van der Waals surface area (Å²) in [5, 5.41) is 2.79. The summed E-state index contributed by atoms with van der Waals surface area (Å²) in [6, 6.07) is 11.5. The van der Waals surface area contributed by atoms with Crippen molar-refractivity contribution < 1.29 is 22.4 Å². The average molecular weight is 493 g/mol. The highest BCUT2D eigenvalue weighted by atomic mass is 32.2. The molecule has 0 spiro atoms. The molecule has 0 bridgehead atoms. The highest BCUT2D eigenvalue weighted by molar-refractivity contribution is 7.90. The number of aryl methyl sites for hydroxylation is 1. The third-order valence-corrected chi connectivity index (χ3v) is 7.27. The first kappa shape index (κ1) is 27.3. The first-order valence-electron chi connectivity index (χ1n) is 11.1. The van der Waals surface area contributed by atoms with Crippen LogP contribution in [0.3, 0.4) is 0 Å². The Morgan fingerprint density at radius 1 is 1.06 bits per heavy atom. The van der Waals surface area contributed by atoms with Gasteiger partial charge in [0.2, 0.25) is 11.8 Å². The van der Waals surface area contributed by atoms with Crippen LogP contribution in [0, 0.1) is 12.7 Å². The van der Waals surface area contributed by atoms with E-state index in [1.54, 1.807) is 6.92 Å². The van der Waals surface area contributed by atoms with Gasteiger partial charge in [-0.05, 0) is 55.7 Å². The van der Waals surface area contributed by atoms with Crippen LogP contribution in [0.15, 0.2) is 48.5 Å². The van der Waals surface area contributed by atoms with Gasteiger partial charge in [-0.3, -0.25) is 9.59 Å². The van der Waals surface area contributed by atoms with Gasteiger partial charge in [0.1, 0.15) is 18.4 Å². The molecular weight excluding hydrogens is 459 g/mol. The minimum atomic E-state index is -4.08. The number of anilines is 1. The largest absolute Gasteiger partial charge is 0.354 e. The molecule has 2 amide bonds. The molecule has 0 aliphatic heterocycles. The van der Waals surface area contributed by atoms with E-state index in [1.165, 1.54) is 31.1 Å². The summed E-state index contributed by atoms with van der Waals surface area (Å²) < 4.78 is 41.4. The Balaban J connectivity index is 2.44. The van der Waals surface area contributed by atoms with Crippen LogP contribution in [0.1, 0.15) is 31.4 Å². The minimum absolute atomic E-state index is 0.130. The number of rotatable bonds is 11. The van der Waals surface area contributed by atoms with Gasteiger partial charge in [-0.25, -0.2) is 8.70 Å². The van der Waals surface area contributed by atoms with E-state index in [0.717, 1.165) is 38.3 Å². The van der Waals surface area contributed by atoms with Crippen molar-refractivity contribution in [3.05, 3.63) is 65.5 Å². The third-order valence-electron chi connectivity index (χ3n) is 5.45. The van der Waals surface area contributed by atoms with Crippen LogP contribution in [0.2, 0.25) is 0 Å². The van der Waals surface area contributed by atoms with Crippen molar-refractivity contribution in [3.8, 4) is 0 Å². The highest BCUT2D eigenvalue weighted by Crippen LogP contribution is 2.21. The summed E-state index contributed by atoms with van der Waals surface area (Å²) in [4.78, 5) is 27.7. The number of hydrogen-bond donors (Lipinski definition) is 1. The van der Waals surface area contributed by atoms with E-state index in [1.807, 2.05) is 38.1 Å². The summed E-state index contributed by atoms with van der Waals surface area (Å²) in [7, 11) is -1.38. The Bertz CT molecular complexity index is 1090. The number of halogens is 1. The molecule has 10 heteroatoms. The lowest BCUT2D eigenvalue weighted by Gasteiger charge is -2.33. The predicted molar refractivity (Wildman–Crippen MR) is 131 cm³/mol. The van der Waals surface area contributed by atoms with E-state index >= 15 is 0 Å². The zero-order valence-corrected chi connectivity index (χ0v) is 21.1. The van der Waals surface area contributed by atoms with E-state index in [0.29, 0.717) is 6.54 Å². The molecule has 34 heavy (non-hydrogen) atoms. The average Bonchev–Trinajstić information content (AvgIpc) is 2.80. The van der Waals surface area contributed by atoms with E-state index in [-0.39, 0.29) is 18.1 Å². The first-order valence-corrected chi connectivity index (χ1v) is 12.5. The van der Waals surface area contributed by atoms with E-state index in [9.17, 15) is 22.4 Å². The van der Waals surface area contributed by atoms with Gasteiger partial charge < -0.3 is 10.2 Å². The maximum absolute atomic E-state index is 13.5. The van der Waals surface area contributed by atoms with Crippen LogP contribution in [0.4, 0.5) is 10.1 Å². The molecule has 1 atom stereocenters. The molecule has 0 aliphatic carbocycles. The molecule has 0 fully saturated rings. The molecule has 0 unspecified atom stereocenters. The maximum Gasteiger partial charge on any atom is 0.304 e. The highest BCUT2D eigenvalue weighted by Gasteiger charge is 2.32. The zero-order valence-electron chi connectivity index (χ0n) is 20.3. The smallest absolute Gasteiger partial charge is 0.304 e. The third kappa shape index (κ3) is 6.77. The van der Waals surface area contributed by atoms with Gasteiger partial charge in [-0.1, -0.05) is 31.2 Å². The van der Waals surface area contributed by atoms with Crippen LogP contribution in [0.5, 0.6) is 0 Å². The fourth-order valence-electron chi connectivity index (χ4n) is 3.27. The topological polar surface area (TPSA) is 90.0 Å². The molecule has 2 aromatic rings. The molecule has 8 nitrogen and oxygen atoms in total. The predicted octanol–water partition coefficient (Wildman–Crippen LogP) is 2.69. The lowest BCUT2D eigenvalue weighted by atomic mass is 10.1. The Labute approximate surface area is 201 Å². The van der Waals surface area contributed by atoms with Gasteiger partial charge in [0.05, 0.1) is 5.69 Å². The fourth-order valence-corrected chi connectivity index (χ4v) is 4.33. The van der Waals surface area contributed by atoms with Crippen LogP contribution in [-0.2, 0) is 26.3 Å². The van der Waals surface area contributed by atoms with Crippen LogP contribution in [0.25, 0.3) is 0 Å². The summed E-state index contributed by atoms with van der Waals surface area (Å²) in [5.41, 5.74) is 1.93. The Hall–Kier alpha value is -2.98. The van der Waals surface area contributed by atoms with E-state index in [4.69, 9.17) is 0 Å².